The van der Waals surface area contributed by atoms with Crippen molar-refractivity contribution in [3.63, 3.8) is 0 Å². The topological polar surface area (TPSA) is 124 Å². The zero-order chi connectivity index (χ0) is 34.6. The van der Waals surface area contributed by atoms with Crippen molar-refractivity contribution in [1.82, 2.24) is 5.32 Å². The lowest BCUT2D eigenvalue weighted by Crippen LogP contribution is -2.30. The molecule has 1 atom stereocenters. The van der Waals surface area contributed by atoms with E-state index in [1.165, 1.54) is 39.2 Å². The fourth-order valence-corrected chi connectivity index (χ4v) is 5.79. The molecule has 12 heteroatoms. The lowest BCUT2D eigenvalue weighted by molar-refractivity contribution is -0.116. The van der Waals surface area contributed by atoms with E-state index in [1.54, 1.807) is 86.0 Å². The summed E-state index contributed by atoms with van der Waals surface area (Å²) in [7, 11) is 6.03. The van der Waals surface area contributed by atoms with Gasteiger partial charge in [0.15, 0.2) is 0 Å². The predicted octanol–water partition coefficient (Wildman–Crippen LogP) is 7.29. The normalized spacial score (nSPS) is 11.6. The number of rotatable bonds is 14. The average Bonchev–Trinajstić information content (AvgIpc) is 3.10. The smallest absolute Gasteiger partial charge is 0.272 e. The van der Waals surface area contributed by atoms with Crippen LogP contribution in [0.5, 0.6) is 23.0 Å². The van der Waals surface area contributed by atoms with E-state index < -0.39 is 17.1 Å². The number of halogens is 1. The molecule has 0 fully saturated rings. The lowest BCUT2D eigenvalue weighted by Gasteiger charge is -2.18. The van der Waals surface area contributed by atoms with Crippen molar-refractivity contribution in [3.8, 4) is 23.0 Å². The number of carbonyl (C=O) groups is 3. The van der Waals surface area contributed by atoms with Crippen LogP contribution in [0, 0.1) is 0 Å². The summed E-state index contributed by atoms with van der Waals surface area (Å²) in [5, 5.41) is 8.35. The summed E-state index contributed by atoms with van der Waals surface area (Å²) < 4.78 is 21.4. The van der Waals surface area contributed by atoms with Gasteiger partial charge in [-0.1, -0.05) is 42.8 Å². The van der Waals surface area contributed by atoms with Crippen molar-refractivity contribution in [2.24, 2.45) is 0 Å². The maximum Gasteiger partial charge on any atom is 0.272 e. The zero-order valence-electron chi connectivity index (χ0n) is 27.1. The van der Waals surface area contributed by atoms with Crippen molar-refractivity contribution in [2.45, 2.75) is 23.5 Å². The van der Waals surface area contributed by atoms with Gasteiger partial charge in [0.05, 0.1) is 44.4 Å². The largest absolute Gasteiger partial charge is 0.497 e. The quantitative estimate of drug-likeness (QED) is 0.0932. The molecule has 0 bridgehead atoms. The van der Waals surface area contributed by atoms with E-state index in [-0.39, 0.29) is 11.6 Å². The van der Waals surface area contributed by atoms with E-state index >= 15 is 0 Å². The Morgan fingerprint density at radius 2 is 1.52 bits per heavy atom. The summed E-state index contributed by atoms with van der Waals surface area (Å²) in [6, 6.07) is 24.0. The van der Waals surface area contributed by atoms with Crippen LogP contribution in [0.1, 0.15) is 29.3 Å². The molecule has 250 valence electrons. The molecule has 0 heterocycles. The number of methoxy groups -OCH3 is 4. The molecule has 48 heavy (non-hydrogen) atoms. The van der Waals surface area contributed by atoms with Gasteiger partial charge in [0.1, 0.15) is 28.7 Å². The minimum atomic E-state index is -0.562. The van der Waals surface area contributed by atoms with Crippen LogP contribution in [0.25, 0.3) is 6.08 Å². The number of anilines is 2. The average molecular weight is 690 g/mol. The van der Waals surface area contributed by atoms with E-state index in [2.05, 4.69) is 16.0 Å². The fourth-order valence-electron chi connectivity index (χ4n) is 4.54. The maximum atomic E-state index is 13.7. The number of hydrogen-bond donors (Lipinski definition) is 3. The van der Waals surface area contributed by atoms with Gasteiger partial charge in [-0.3, -0.25) is 14.4 Å². The molecule has 1 unspecified atom stereocenters. The highest BCUT2D eigenvalue weighted by atomic mass is 35.5. The SMILES string of the molecule is CCC(Sc1cccc(NC(=O)/C(=C\c2ccc(OC)cc2OC)NC(=O)c2ccccc2)c1)C(=O)Nc1cc(Cl)c(OC)cc1OC. The van der Waals surface area contributed by atoms with Gasteiger partial charge < -0.3 is 34.9 Å². The predicted molar refractivity (Wildman–Crippen MR) is 190 cm³/mol. The highest BCUT2D eigenvalue weighted by molar-refractivity contribution is 8.00. The molecule has 0 radical (unpaired) electrons. The van der Waals surface area contributed by atoms with Crippen molar-refractivity contribution in [2.75, 3.05) is 39.1 Å². The molecule has 4 aromatic carbocycles. The first kappa shape index (κ1) is 35.7. The lowest BCUT2D eigenvalue weighted by atomic mass is 10.1. The summed E-state index contributed by atoms with van der Waals surface area (Å²) in [6.45, 7) is 1.90. The fraction of sp³-hybridized carbons (Fsp3) is 0.194. The van der Waals surface area contributed by atoms with Gasteiger partial charge in [-0.2, -0.15) is 0 Å². The van der Waals surface area contributed by atoms with Crippen LogP contribution in [0.2, 0.25) is 5.02 Å². The van der Waals surface area contributed by atoms with Gasteiger partial charge in [-0.05, 0) is 61.0 Å². The number of benzene rings is 4. The van der Waals surface area contributed by atoms with E-state index in [0.717, 1.165) is 4.90 Å². The number of thioether (sulfide) groups is 1. The Kier molecular flexibility index (Phi) is 12.8. The minimum absolute atomic E-state index is 0.0108. The van der Waals surface area contributed by atoms with Crippen molar-refractivity contribution < 1.29 is 33.3 Å². The van der Waals surface area contributed by atoms with Crippen LogP contribution in [0.3, 0.4) is 0 Å². The molecule has 0 aliphatic heterocycles. The van der Waals surface area contributed by atoms with Gasteiger partial charge in [0.25, 0.3) is 11.8 Å². The van der Waals surface area contributed by atoms with E-state index in [0.29, 0.717) is 56.9 Å². The van der Waals surface area contributed by atoms with E-state index in [1.807, 2.05) is 13.0 Å². The van der Waals surface area contributed by atoms with Gasteiger partial charge in [-0.25, -0.2) is 0 Å². The van der Waals surface area contributed by atoms with Gasteiger partial charge in [-0.15, -0.1) is 11.8 Å². The molecule has 0 aliphatic carbocycles. The Hall–Kier alpha value is -5.13. The van der Waals surface area contributed by atoms with Crippen molar-refractivity contribution >= 4 is 58.5 Å². The van der Waals surface area contributed by atoms with Gasteiger partial charge in [0, 0.05) is 33.8 Å². The van der Waals surface area contributed by atoms with Crippen LogP contribution in [-0.4, -0.2) is 51.4 Å². The molecule has 0 aliphatic rings. The third kappa shape index (κ3) is 9.24. The summed E-state index contributed by atoms with van der Waals surface area (Å²) in [5.74, 6) is 0.581. The summed E-state index contributed by atoms with van der Waals surface area (Å²) in [4.78, 5) is 40.8. The zero-order valence-corrected chi connectivity index (χ0v) is 28.7. The Bertz CT molecular complexity index is 1800. The Balaban J connectivity index is 1.55. The monoisotopic (exact) mass is 689 g/mol. The molecule has 10 nitrogen and oxygen atoms in total. The third-order valence-corrected chi connectivity index (χ3v) is 8.69. The second kappa shape index (κ2) is 17.1. The first-order chi connectivity index (χ1) is 23.2. The van der Waals surface area contributed by atoms with Crippen molar-refractivity contribution in [3.05, 3.63) is 107 Å². The van der Waals surface area contributed by atoms with E-state index in [9.17, 15) is 14.4 Å². The van der Waals surface area contributed by atoms with Crippen LogP contribution < -0.4 is 34.9 Å². The molecular weight excluding hydrogens is 654 g/mol. The minimum Gasteiger partial charge on any atom is -0.497 e. The molecule has 3 N–H and O–H groups in total. The highest BCUT2D eigenvalue weighted by Gasteiger charge is 2.22. The van der Waals surface area contributed by atoms with Gasteiger partial charge in [0.2, 0.25) is 5.91 Å². The Labute approximate surface area is 288 Å². The molecule has 0 saturated carbocycles. The van der Waals surface area contributed by atoms with Crippen LogP contribution in [0.15, 0.2) is 95.5 Å². The highest BCUT2D eigenvalue weighted by Crippen LogP contribution is 2.37. The van der Waals surface area contributed by atoms with Crippen LogP contribution >= 0.6 is 23.4 Å². The Morgan fingerprint density at radius 3 is 2.19 bits per heavy atom. The second-order valence-corrected chi connectivity index (χ2v) is 11.8. The second-order valence-electron chi connectivity index (χ2n) is 10.2. The first-order valence-electron chi connectivity index (χ1n) is 14.8. The number of amides is 3. The molecule has 0 spiro atoms. The summed E-state index contributed by atoms with van der Waals surface area (Å²) >= 11 is 7.62. The standard InChI is InChI=1S/C36H36ClN3O7S/c1-6-33(36(43)39-28-20-27(37)31(46-4)21-32(28)47-5)48-26-14-10-13-24(18-26)38-35(42)29(40-34(41)22-11-8-7-9-12-22)17-23-15-16-25(44-2)19-30(23)45-3/h7-21,33H,6H2,1-5H3,(H,38,42)(H,39,43)(H,40,41)/b29-17+. The summed E-state index contributed by atoms with van der Waals surface area (Å²) in [5.41, 5.74) is 1.80. The molecular formula is C36H36ClN3O7S. The van der Waals surface area contributed by atoms with Crippen LogP contribution in [0.4, 0.5) is 11.4 Å². The molecule has 4 aromatic rings. The molecule has 0 saturated heterocycles. The van der Waals surface area contributed by atoms with Gasteiger partial charge >= 0.3 is 0 Å². The van der Waals surface area contributed by atoms with Crippen molar-refractivity contribution in [1.29, 1.82) is 0 Å². The number of hydrogen-bond acceptors (Lipinski definition) is 8. The third-order valence-electron chi connectivity index (χ3n) is 7.03. The number of ether oxygens (including phenoxy) is 4. The van der Waals surface area contributed by atoms with E-state index in [4.69, 9.17) is 30.5 Å². The summed E-state index contributed by atoms with van der Waals surface area (Å²) in [6.07, 6.45) is 2.05. The molecule has 3 amide bonds. The van der Waals surface area contributed by atoms with Crippen LogP contribution in [-0.2, 0) is 9.59 Å². The first-order valence-corrected chi connectivity index (χ1v) is 16.1. The molecule has 4 rings (SSSR count). The maximum absolute atomic E-state index is 13.7. The Morgan fingerprint density at radius 1 is 0.792 bits per heavy atom. The number of nitrogens with one attached hydrogen (secondary N) is 3. The number of carbonyl (C=O) groups excluding carboxylic acids is 3. The molecule has 0 aromatic heterocycles.